The second kappa shape index (κ2) is 9.44. The van der Waals surface area contributed by atoms with E-state index >= 15 is 0 Å². The van der Waals surface area contributed by atoms with Crippen LogP contribution in [0.1, 0.15) is 60.6 Å². The van der Waals surface area contributed by atoms with E-state index in [1.807, 2.05) is 6.07 Å². The zero-order chi connectivity index (χ0) is 20.1. The van der Waals surface area contributed by atoms with Crippen LogP contribution in [-0.2, 0) is 6.61 Å². The number of thiophene rings is 1. The van der Waals surface area contributed by atoms with Crippen molar-refractivity contribution >= 4 is 22.6 Å². The number of benzene rings is 1. The predicted molar refractivity (Wildman–Crippen MR) is 122 cm³/mol. The lowest BCUT2D eigenvalue weighted by molar-refractivity contribution is 0.254. The SMILES string of the molecule is C=C(N)c1c(COc2cccc(C3CCN(C)CC3)c2)csc1/C(=C\C)CC. The molecule has 1 aliphatic rings. The molecule has 1 aliphatic heterocycles. The number of nitrogens with zero attached hydrogens (tertiary/aromatic N) is 1. The van der Waals surface area contributed by atoms with E-state index in [1.54, 1.807) is 11.3 Å². The van der Waals surface area contributed by atoms with Gasteiger partial charge in [0.15, 0.2) is 0 Å². The van der Waals surface area contributed by atoms with Crippen LogP contribution in [0.4, 0.5) is 0 Å². The van der Waals surface area contributed by atoms with Crippen LogP contribution in [0.15, 0.2) is 42.3 Å². The zero-order valence-electron chi connectivity index (χ0n) is 17.3. The number of piperidine rings is 1. The number of rotatable bonds is 7. The van der Waals surface area contributed by atoms with E-state index in [2.05, 4.69) is 62.0 Å². The number of likely N-dealkylation sites (tertiary alicyclic amines) is 1. The molecule has 1 aromatic carbocycles. The third-order valence-electron chi connectivity index (χ3n) is 5.65. The Bertz CT molecular complexity index is 844. The smallest absolute Gasteiger partial charge is 0.120 e. The van der Waals surface area contributed by atoms with Crippen LogP contribution in [0.25, 0.3) is 11.3 Å². The van der Waals surface area contributed by atoms with Crippen LogP contribution in [0.5, 0.6) is 5.75 Å². The Balaban J connectivity index is 1.74. The van der Waals surface area contributed by atoms with Gasteiger partial charge in [0.25, 0.3) is 0 Å². The zero-order valence-corrected chi connectivity index (χ0v) is 18.1. The van der Waals surface area contributed by atoms with E-state index in [1.165, 1.54) is 41.9 Å². The highest BCUT2D eigenvalue weighted by Gasteiger charge is 2.19. The monoisotopic (exact) mass is 396 g/mol. The summed E-state index contributed by atoms with van der Waals surface area (Å²) in [5.74, 6) is 1.56. The quantitative estimate of drug-likeness (QED) is 0.635. The van der Waals surface area contributed by atoms with E-state index in [9.17, 15) is 0 Å². The first-order valence-electron chi connectivity index (χ1n) is 10.1. The van der Waals surface area contributed by atoms with E-state index in [0.717, 1.165) is 23.3 Å². The molecule has 0 amide bonds. The van der Waals surface area contributed by atoms with Crippen molar-refractivity contribution in [1.29, 1.82) is 0 Å². The number of nitrogens with two attached hydrogens (primary N) is 1. The molecule has 0 saturated carbocycles. The summed E-state index contributed by atoms with van der Waals surface area (Å²) in [5, 5.41) is 2.16. The van der Waals surface area contributed by atoms with Crippen LogP contribution in [-0.4, -0.2) is 25.0 Å². The maximum atomic E-state index is 6.18. The topological polar surface area (TPSA) is 38.5 Å². The molecule has 2 aromatic rings. The molecule has 0 aliphatic carbocycles. The van der Waals surface area contributed by atoms with Gasteiger partial charge in [-0.3, -0.25) is 0 Å². The van der Waals surface area contributed by atoms with Gasteiger partial charge in [-0.25, -0.2) is 0 Å². The van der Waals surface area contributed by atoms with Gasteiger partial charge in [0, 0.05) is 21.7 Å². The molecule has 0 unspecified atom stereocenters. The Labute approximate surface area is 173 Å². The van der Waals surface area contributed by atoms with Crippen LogP contribution in [0, 0.1) is 0 Å². The highest BCUT2D eigenvalue weighted by Crippen LogP contribution is 2.35. The fourth-order valence-electron chi connectivity index (χ4n) is 3.95. The average Bonchev–Trinajstić information content (AvgIpc) is 3.12. The predicted octanol–water partition coefficient (Wildman–Crippen LogP) is 5.88. The van der Waals surface area contributed by atoms with Gasteiger partial charge in [-0.1, -0.05) is 31.7 Å². The molecule has 1 fully saturated rings. The molecular formula is C24H32N2OS. The molecule has 0 bridgehead atoms. The van der Waals surface area contributed by atoms with E-state index < -0.39 is 0 Å². The van der Waals surface area contributed by atoms with Crippen molar-refractivity contribution < 1.29 is 4.74 Å². The lowest BCUT2D eigenvalue weighted by atomic mass is 9.89. The summed E-state index contributed by atoms with van der Waals surface area (Å²) in [6.45, 7) is 11.1. The largest absolute Gasteiger partial charge is 0.489 e. The highest BCUT2D eigenvalue weighted by atomic mass is 32.1. The summed E-state index contributed by atoms with van der Waals surface area (Å²) in [6, 6.07) is 8.60. The maximum Gasteiger partial charge on any atom is 0.120 e. The Morgan fingerprint density at radius 1 is 1.36 bits per heavy atom. The summed E-state index contributed by atoms with van der Waals surface area (Å²) in [4.78, 5) is 3.62. The van der Waals surface area contributed by atoms with E-state index in [4.69, 9.17) is 10.5 Å². The number of hydrogen-bond acceptors (Lipinski definition) is 4. The van der Waals surface area contributed by atoms with E-state index in [-0.39, 0.29) is 0 Å². The first kappa shape index (κ1) is 20.7. The van der Waals surface area contributed by atoms with Gasteiger partial charge < -0.3 is 15.4 Å². The second-order valence-electron chi connectivity index (χ2n) is 7.60. The van der Waals surface area contributed by atoms with Crippen molar-refractivity contribution in [2.24, 2.45) is 5.73 Å². The van der Waals surface area contributed by atoms with Crippen molar-refractivity contribution in [3.05, 3.63) is 63.9 Å². The summed E-state index contributed by atoms with van der Waals surface area (Å²) in [5.41, 5.74) is 11.6. The van der Waals surface area contributed by atoms with E-state index in [0.29, 0.717) is 18.2 Å². The lowest BCUT2D eigenvalue weighted by Crippen LogP contribution is -2.29. The molecule has 2 N–H and O–H groups in total. The standard InChI is InChI=1S/C24H32N2OS/c1-5-18(6-2)24-23(17(3)25)21(16-28-24)15-27-22-9-7-8-20(14-22)19-10-12-26(4)13-11-19/h5,7-9,14,16,19H,3,6,10-13,15,25H2,1-2,4H3/b18-5-. The van der Waals surface area contributed by atoms with Gasteiger partial charge in [-0.2, -0.15) is 0 Å². The summed E-state index contributed by atoms with van der Waals surface area (Å²) in [6.07, 6.45) is 5.58. The molecule has 150 valence electrons. The number of ether oxygens (including phenoxy) is 1. The molecule has 0 atom stereocenters. The Morgan fingerprint density at radius 2 is 2.11 bits per heavy atom. The van der Waals surface area contributed by atoms with Crippen molar-refractivity contribution in [2.75, 3.05) is 20.1 Å². The van der Waals surface area contributed by atoms with Crippen LogP contribution >= 0.6 is 11.3 Å². The van der Waals surface area contributed by atoms with Gasteiger partial charge >= 0.3 is 0 Å². The minimum absolute atomic E-state index is 0.514. The fourth-order valence-corrected chi connectivity index (χ4v) is 5.18. The summed E-state index contributed by atoms with van der Waals surface area (Å²) < 4.78 is 6.18. The molecule has 2 heterocycles. The molecule has 0 radical (unpaired) electrons. The fraction of sp³-hybridized carbons (Fsp3) is 0.417. The molecule has 28 heavy (non-hydrogen) atoms. The van der Waals surface area contributed by atoms with Crippen LogP contribution in [0.3, 0.4) is 0 Å². The molecule has 3 rings (SSSR count). The van der Waals surface area contributed by atoms with Crippen molar-refractivity contribution in [2.45, 2.75) is 45.6 Å². The Kier molecular flexibility index (Phi) is 6.97. The van der Waals surface area contributed by atoms with Crippen LogP contribution in [0.2, 0.25) is 0 Å². The van der Waals surface area contributed by atoms with Crippen molar-refractivity contribution in [3.8, 4) is 5.75 Å². The van der Waals surface area contributed by atoms with Gasteiger partial charge in [-0.05, 0) is 80.9 Å². The van der Waals surface area contributed by atoms with Gasteiger partial charge in [0.1, 0.15) is 12.4 Å². The number of allylic oxidation sites excluding steroid dienone is 2. The third-order valence-corrected chi connectivity index (χ3v) is 6.76. The highest BCUT2D eigenvalue weighted by molar-refractivity contribution is 7.11. The number of hydrogen-bond donors (Lipinski definition) is 1. The van der Waals surface area contributed by atoms with Crippen LogP contribution < -0.4 is 10.5 Å². The molecule has 3 nitrogen and oxygen atoms in total. The third kappa shape index (κ3) is 4.68. The van der Waals surface area contributed by atoms with Gasteiger partial charge in [-0.15, -0.1) is 11.3 Å². The first-order valence-corrected chi connectivity index (χ1v) is 11.0. The molecule has 1 aromatic heterocycles. The molecular weight excluding hydrogens is 364 g/mol. The molecule has 4 heteroatoms. The van der Waals surface area contributed by atoms with Crippen molar-refractivity contribution in [1.82, 2.24) is 4.90 Å². The minimum atomic E-state index is 0.514. The molecule has 0 spiro atoms. The minimum Gasteiger partial charge on any atom is -0.489 e. The molecule has 1 saturated heterocycles. The normalized spacial score (nSPS) is 16.3. The lowest BCUT2D eigenvalue weighted by Gasteiger charge is -2.29. The van der Waals surface area contributed by atoms with Gasteiger partial charge in [0.05, 0.1) is 0 Å². The first-order chi connectivity index (χ1) is 13.5. The van der Waals surface area contributed by atoms with Gasteiger partial charge in [0.2, 0.25) is 0 Å². The Hall–Kier alpha value is -2.04. The summed E-state index contributed by atoms with van der Waals surface area (Å²) >= 11 is 1.73. The second-order valence-corrected chi connectivity index (χ2v) is 8.48. The Morgan fingerprint density at radius 3 is 2.75 bits per heavy atom. The maximum absolute atomic E-state index is 6.18. The van der Waals surface area contributed by atoms with Crippen molar-refractivity contribution in [3.63, 3.8) is 0 Å². The summed E-state index contributed by atoms with van der Waals surface area (Å²) in [7, 11) is 2.20. The average molecular weight is 397 g/mol.